The quantitative estimate of drug-likeness (QED) is 0.663. The predicted molar refractivity (Wildman–Crippen MR) is 64.0 cm³/mol. The first-order valence-electron chi connectivity index (χ1n) is 5.29. The first kappa shape index (κ1) is 13.5. The Morgan fingerprint density at radius 3 is 2.00 bits per heavy atom. The van der Waals surface area contributed by atoms with E-state index in [0.717, 1.165) is 19.4 Å². The van der Waals surface area contributed by atoms with E-state index in [1.807, 2.05) is 14.1 Å². The van der Waals surface area contributed by atoms with E-state index in [0.29, 0.717) is 0 Å². The van der Waals surface area contributed by atoms with Crippen LogP contribution in [0.15, 0.2) is 0 Å². The Morgan fingerprint density at radius 2 is 1.71 bits per heavy atom. The standard InChI is InChI=1S/C10H24N2OSi/c1-7-8-9-12(14(4,5)6)10(13)11(2)3/h7-9H2,1-6H3. The van der Waals surface area contributed by atoms with Crippen molar-refractivity contribution >= 4 is 14.3 Å². The Bertz CT molecular complexity index is 187. The van der Waals surface area contributed by atoms with Crippen LogP contribution >= 0.6 is 0 Å². The second kappa shape index (κ2) is 5.39. The molecule has 84 valence electrons. The summed E-state index contributed by atoms with van der Waals surface area (Å²) in [7, 11) is 2.13. The van der Waals surface area contributed by atoms with Crippen molar-refractivity contribution in [2.24, 2.45) is 0 Å². The zero-order valence-corrected chi connectivity index (χ0v) is 11.4. The molecule has 4 heteroatoms. The van der Waals surface area contributed by atoms with Crippen molar-refractivity contribution in [2.75, 3.05) is 20.6 Å². The molecule has 0 aromatic rings. The molecule has 0 rings (SSSR count). The zero-order chi connectivity index (χ0) is 11.4. The summed E-state index contributed by atoms with van der Waals surface area (Å²) in [5.41, 5.74) is 0. The summed E-state index contributed by atoms with van der Waals surface area (Å²) >= 11 is 0. The fraction of sp³-hybridized carbons (Fsp3) is 0.900. The van der Waals surface area contributed by atoms with Crippen LogP contribution in [0.25, 0.3) is 0 Å². The first-order valence-corrected chi connectivity index (χ1v) is 8.74. The lowest BCUT2D eigenvalue weighted by molar-refractivity contribution is 0.195. The van der Waals surface area contributed by atoms with Gasteiger partial charge in [-0.25, -0.2) is 4.79 Å². The number of unbranched alkanes of at least 4 members (excludes halogenated alkanes) is 1. The van der Waals surface area contributed by atoms with Gasteiger partial charge in [-0.1, -0.05) is 33.0 Å². The minimum Gasteiger partial charge on any atom is -0.352 e. The van der Waals surface area contributed by atoms with Crippen molar-refractivity contribution in [1.82, 2.24) is 9.47 Å². The van der Waals surface area contributed by atoms with Gasteiger partial charge in [0, 0.05) is 20.6 Å². The maximum atomic E-state index is 11.9. The maximum absolute atomic E-state index is 11.9. The topological polar surface area (TPSA) is 23.6 Å². The highest BCUT2D eigenvalue weighted by Crippen LogP contribution is 2.12. The summed E-state index contributed by atoms with van der Waals surface area (Å²) < 4.78 is 2.07. The van der Waals surface area contributed by atoms with Gasteiger partial charge < -0.3 is 9.47 Å². The van der Waals surface area contributed by atoms with Crippen LogP contribution in [0.3, 0.4) is 0 Å². The Labute approximate surface area is 89.2 Å². The first-order chi connectivity index (χ1) is 6.30. The Hall–Kier alpha value is -0.513. The largest absolute Gasteiger partial charge is 0.352 e. The van der Waals surface area contributed by atoms with Gasteiger partial charge in [-0.3, -0.25) is 0 Å². The molecule has 0 aromatic heterocycles. The highest BCUT2D eigenvalue weighted by atomic mass is 28.3. The molecule has 0 aliphatic heterocycles. The molecule has 0 saturated heterocycles. The molecule has 14 heavy (non-hydrogen) atoms. The summed E-state index contributed by atoms with van der Waals surface area (Å²) in [6, 6.07) is 0.164. The summed E-state index contributed by atoms with van der Waals surface area (Å²) in [6.07, 6.45) is 2.24. The molecule has 0 unspecified atom stereocenters. The molecule has 0 bridgehead atoms. The van der Waals surface area contributed by atoms with Gasteiger partial charge in [0.25, 0.3) is 0 Å². The van der Waals surface area contributed by atoms with Crippen LogP contribution < -0.4 is 0 Å². The van der Waals surface area contributed by atoms with E-state index in [1.54, 1.807) is 4.90 Å². The van der Waals surface area contributed by atoms with Gasteiger partial charge in [-0.05, 0) is 6.42 Å². The summed E-state index contributed by atoms with van der Waals surface area (Å²) in [5.74, 6) is 0. The molecule has 0 radical (unpaired) electrons. The van der Waals surface area contributed by atoms with Crippen molar-refractivity contribution < 1.29 is 4.79 Å². The van der Waals surface area contributed by atoms with E-state index in [-0.39, 0.29) is 6.03 Å². The van der Waals surface area contributed by atoms with E-state index in [1.165, 1.54) is 0 Å². The lowest BCUT2D eigenvalue weighted by Crippen LogP contribution is -2.53. The van der Waals surface area contributed by atoms with Crippen LogP contribution in [-0.2, 0) is 0 Å². The molecule has 0 N–H and O–H groups in total. The van der Waals surface area contributed by atoms with Gasteiger partial charge in [0.15, 0.2) is 8.24 Å². The van der Waals surface area contributed by atoms with Gasteiger partial charge in [0.2, 0.25) is 0 Å². The van der Waals surface area contributed by atoms with E-state index >= 15 is 0 Å². The minimum atomic E-state index is -1.51. The van der Waals surface area contributed by atoms with E-state index < -0.39 is 8.24 Å². The number of hydrogen-bond donors (Lipinski definition) is 0. The maximum Gasteiger partial charge on any atom is 0.311 e. The molecule has 0 heterocycles. The van der Waals surface area contributed by atoms with Gasteiger partial charge in [-0.2, -0.15) is 0 Å². The Balaban J connectivity index is 4.48. The molecule has 0 fully saturated rings. The lowest BCUT2D eigenvalue weighted by Gasteiger charge is -2.36. The predicted octanol–water partition coefficient (Wildman–Crippen LogP) is 2.61. The fourth-order valence-electron chi connectivity index (χ4n) is 1.28. The lowest BCUT2D eigenvalue weighted by atomic mass is 10.3. The summed E-state index contributed by atoms with van der Waals surface area (Å²) in [4.78, 5) is 13.6. The molecule has 0 atom stereocenters. The second-order valence-electron chi connectivity index (χ2n) is 4.85. The number of amides is 2. The molecular weight excluding hydrogens is 192 g/mol. The number of carbonyl (C=O) groups is 1. The van der Waals surface area contributed by atoms with E-state index in [2.05, 4.69) is 31.1 Å². The SMILES string of the molecule is CCCCN(C(=O)N(C)C)[Si](C)(C)C. The van der Waals surface area contributed by atoms with Crippen LogP contribution in [0, 0.1) is 0 Å². The number of nitrogens with zero attached hydrogens (tertiary/aromatic N) is 2. The Morgan fingerprint density at radius 1 is 1.21 bits per heavy atom. The smallest absolute Gasteiger partial charge is 0.311 e. The van der Waals surface area contributed by atoms with Gasteiger partial charge >= 0.3 is 6.03 Å². The molecule has 0 aromatic carbocycles. The van der Waals surface area contributed by atoms with Crippen LogP contribution in [0.4, 0.5) is 4.79 Å². The Kier molecular flexibility index (Phi) is 5.19. The van der Waals surface area contributed by atoms with Crippen molar-refractivity contribution in [2.45, 2.75) is 39.4 Å². The zero-order valence-electron chi connectivity index (χ0n) is 10.4. The number of rotatable bonds is 4. The van der Waals surface area contributed by atoms with Crippen LogP contribution in [0.5, 0.6) is 0 Å². The van der Waals surface area contributed by atoms with E-state index in [4.69, 9.17) is 0 Å². The van der Waals surface area contributed by atoms with Crippen LogP contribution in [-0.4, -0.2) is 44.4 Å². The molecule has 0 spiro atoms. The number of urea groups is 1. The summed E-state index contributed by atoms with van der Waals surface area (Å²) in [6.45, 7) is 9.70. The van der Waals surface area contributed by atoms with Crippen LogP contribution in [0.1, 0.15) is 19.8 Å². The molecular formula is C10H24N2OSi. The van der Waals surface area contributed by atoms with Crippen molar-refractivity contribution in [3.05, 3.63) is 0 Å². The number of carbonyl (C=O) groups excluding carboxylic acids is 1. The third-order valence-electron chi connectivity index (χ3n) is 2.16. The fourth-order valence-corrected chi connectivity index (χ4v) is 2.88. The number of hydrogen-bond acceptors (Lipinski definition) is 1. The summed E-state index contributed by atoms with van der Waals surface area (Å²) in [5, 5.41) is 0. The van der Waals surface area contributed by atoms with Gasteiger partial charge in [-0.15, -0.1) is 0 Å². The average molecular weight is 216 g/mol. The third kappa shape index (κ3) is 4.13. The van der Waals surface area contributed by atoms with Crippen molar-refractivity contribution in [3.8, 4) is 0 Å². The van der Waals surface area contributed by atoms with E-state index in [9.17, 15) is 4.79 Å². The highest BCUT2D eigenvalue weighted by Gasteiger charge is 2.28. The highest BCUT2D eigenvalue weighted by molar-refractivity contribution is 6.75. The average Bonchev–Trinajstić information content (AvgIpc) is 2.02. The third-order valence-corrected chi connectivity index (χ3v) is 4.19. The molecule has 0 saturated carbocycles. The normalized spacial score (nSPS) is 11.3. The molecule has 2 amide bonds. The monoisotopic (exact) mass is 216 g/mol. The second-order valence-corrected chi connectivity index (χ2v) is 9.73. The molecule has 0 aliphatic carbocycles. The molecule has 3 nitrogen and oxygen atoms in total. The minimum absolute atomic E-state index is 0.164. The van der Waals surface area contributed by atoms with Crippen molar-refractivity contribution in [1.29, 1.82) is 0 Å². The van der Waals surface area contributed by atoms with Crippen LogP contribution in [0.2, 0.25) is 19.6 Å². The van der Waals surface area contributed by atoms with Crippen molar-refractivity contribution in [3.63, 3.8) is 0 Å². The molecule has 0 aliphatic rings. The van der Waals surface area contributed by atoms with Gasteiger partial charge in [0.05, 0.1) is 0 Å². The van der Waals surface area contributed by atoms with Gasteiger partial charge in [0.1, 0.15) is 0 Å².